The average molecular weight is 271 g/mol. The van der Waals surface area contributed by atoms with Crippen LogP contribution < -0.4 is 5.32 Å². The minimum absolute atomic E-state index is 0.149. The zero-order valence-corrected chi connectivity index (χ0v) is 10.7. The number of oxime groups is 1. The predicted octanol–water partition coefficient (Wildman–Crippen LogP) is 2.85. The average Bonchev–Trinajstić information content (AvgIpc) is 2.88. The van der Waals surface area contributed by atoms with Crippen LogP contribution >= 0.6 is 23.2 Å². The summed E-state index contributed by atoms with van der Waals surface area (Å²) >= 11 is 12.0. The zero-order valence-electron chi connectivity index (χ0n) is 9.17. The fraction of sp³-hybridized carbons (Fsp3) is 0.417. The molecule has 90 valence electrons. The largest absolute Gasteiger partial charge is 0.387 e. The summed E-state index contributed by atoms with van der Waals surface area (Å²) in [6.07, 6.45) is 1.81. The molecule has 1 N–H and O–H groups in total. The normalized spacial score (nSPS) is 27.3. The van der Waals surface area contributed by atoms with E-state index in [1.807, 2.05) is 12.1 Å². The van der Waals surface area contributed by atoms with Gasteiger partial charge in [0.25, 0.3) is 0 Å². The van der Waals surface area contributed by atoms with E-state index in [0.717, 1.165) is 37.2 Å². The van der Waals surface area contributed by atoms with Crippen LogP contribution in [-0.4, -0.2) is 24.4 Å². The number of hydrogen-bond acceptors (Lipinski definition) is 3. The summed E-state index contributed by atoms with van der Waals surface area (Å²) in [5, 5.41) is 8.73. The minimum Gasteiger partial charge on any atom is -0.387 e. The molecule has 2 aliphatic rings. The Morgan fingerprint density at radius 2 is 2.00 bits per heavy atom. The SMILES string of the molecule is Clc1cc(Cl)cc(C2=NOC3(CCNC3)C2)c1. The Morgan fingerprint density at radius 1 is 1.24 bits per heavy atom. The van der Waals surface area contributed by atoms with Crippen molar-refractivity contribution in [2.75, 3.05) is 13.1 Å². The molecule has 1 saturated heterocycles. The molecule has 5 heteroatoms. The smallest absolute Gasteiger partial charge is 0.156 e. The molecule has 1 spiro atoms. The maximum atomic E-state index is 5.99. The first-order chi connectivity index (χ1) is 8.17. The third-order valence-electron chi connectivity index (χ3n) is 3.24. The van der Waals surface area contributed by atoms with Crippen molar-refractivity contribution >= 4 is 28.9 Å². The molecule has 0 amide bonds. The lowest BCUT2D eigenvalue weighted by Gasteiger charge is -2.18. The molecule has 0 bridgehead atoms. The number of nitrogens with zero attached hydrogens (tertiary/aromatic N) is 1. The van der Waals surface area contributed by atoms with Crippen molar-refractivity contribution < 1.29 is 4.84 Å². The molecule has 3 rings (SSSR count). The third kappa shape index (κ3) is 2.15. The van der Waals surface area contributed by atoms with Crippen LogP contribution in [0.5, 0.6) is 0 Å². The summed E-state index contributed by atoms with van der Waals surface area (Å²) in [5.41, 5.74) is 1.73. The molecule has 2 heterocycles. The van der Waals surface area contributed by atoms with E-state index < -0.39 is 0 Å². The highest BCUT2D eigenvalue weighted by atomic mass is 35.5. The first-order valence-electron chi connectivity index (χ1n) is 5.59. The lowest BCUT2D eigenvalue weighted by atomic mass is 9.93. The van der Waals surface area contributed by atoms with Crippen molar-refractivity contribution in [2.24, 2.45) is 5.16 Å². The van der Waals surface area contributed by atoms with Gasteiger partial charge in [-0.3, -0.25) is 0 Å². The quantitative estimate of drug-likeness (QED) is 0.852. The lowest BCUT2D eigenvalue weighted by molar-refractivity contribution is -0.00190. The van der Waals surface area contributed by atoms with Gasteiger partial charge in [-0.15, -0.1) is 0 Å². The second-order valence-electron chi connectivity index (χ2n) is 4.57. The minimum atomic E-state index is -0.149. The van der Waals surface area contributed by atoms with Gasteiger partial charge in [-0.25, -0.2) is 0 Å². The van der Waals surface area contributed by atoms with Crippen LogP contribution in [0.2, 0.25) is 10.0 Å². The van der Waals surface area contributed by atoms with E-state index in [9.17, 15) is 0 Å². The van der Waals surface area contributed by atoms with Crippen LogP contribution in [0.4, 0.5) is 0 Å². The number of hydrogen-bond donors (Lipinski definition) is 1. The Labute approximate surface area is 110 Å². The topological polar surface area (TPSA) is 33.6 Å². The van der Waals surface area contributed by atoms with Crippen molar-refractivity contribution in [3.8, 4) is 0 Å². The number of rotatable bonds is 1. The van der Waals surface area contributed by atoms with Crippen LogP contribution in [0.3, 0.4) is 0 Å². The second kappa shape index (κ2) is 4.16. The van der Waals surface area contributed by atoms with Gasteiger partial charge < -0.3 is 10.2 Å². The van der Waals surface area contributed by atoms with Gasteiger partial charge in [-0.2, -0.15) is 0 Å². The summed E-state index contributed by atoms with van der Waals surface area (Å²) in [5.74, 6) is 0. The lowest BCUT2D eigenvalue weighted by Crippen LogP contribution is -2.31. The van der Waals surface area contributed by atoms with Gasteiger partial charge >= 0.3 is 0 Å². The second-order valence-corrected chi connectivity index (χ2v) is 5.45. The molecular weight excluding hydrogens is 259 g/mol. The summed E-state index contributed by atoms with van der Waals surface area (Å²) in [6.45, 7) is 1.84. The molecule has 1 aromatic rings. The molecule has 1 atom stereocenters. The van der Waals surface area contributed by atoms with E-state index in [0.29, 0.717) is 10.0 Å². The van der Waals surface area contributed by atoms with E-state index in [1.165, 1.54) is 0 Å². The Kier molecular flexibility index (Phi) is 2.77. The molecule has 1 unspecified atom stereocenters. The fourth-order valence-electron chi connectivity index (χ4n) is 2.35. The maximum Gasteiger partial charge on any atom is 0.156 e. The van der Waals surface area contributed by atoms with Gasteiger partial charge in [-0.1, -0.05) is 28.4 Å². The molecule has 0 aliphatic carbocycles. The van der Waals surface area contributed by atoms with Crippen molar-refractivity contribution in [3.63, 3.8) is 0 Å². The number of benzene rings is 1. The van der Waals surface area contributed by atoms with E-state index in [1.54, 1.807) is 6.07 Å². The number of halogens is 2. The molecule has 0 saturated carbocycles. The van der Waals surface area contributed by atoms with Gasteiger partial charge in [0.1, 0.15) is 0 Å². The Hall–Kier alpha value is -0.770. The molecule has 2 aliphatic heterocycles. The van der Waals surface area contributed by atoms with Crippen LogP contribution in [-0.2, 0) is 4.84 Å². The standard InChI is InChI=1S/C12H12Cl2N2O/c13-9-3-8(4-10(14)5-9)11-6-12(17-16-11)1-2-15-7-12/h3-5,15H,1-2,6-7H2. The Bertz CT molecular complexity index is 461. The maximum absolute atomic E-state index is 5.99. The van der Waals surface area contributed by atoms with Gasteiger partial charge in [0, 0.05) is 35.0 Å². The summed E-state index contributed by atoms with van der Waals surface area (Å²) in [6, 6.07) is 5.46. The highest BCUT2D eigenvalue weighted by Gasteiger charge is 2.42. The Morgan fingerprint density at radius 3 is 2.65 bits per heavy atom. The van der Waals surface area contributed by atoms with Crippen molar-refractivity contribution in [1.82, 2.24) is 5.32 Å². The molecule has 0 radical (unpaired) electrons. The van der Waals surface area contributed by atoms with Gasteiger partial charge in [0.2, 0.25) is 0 Å². The van der Waals surface area contributed by atoms with Crippen molar-refractivity contribution in [2.45, 2.75) is 18.4 Å². The first kappa shape index (κ1) is 11.3. The highest BCUT2D eigenvalue weighted by Crippen LogP contribution is 2.33. The van der Waals surface area contributed by atoms with Crippen LogP contribution in [0.15, 0.2) is 23.4 Å². The number of nitrogens with one attached hydrogen (secondary N) is 1. The molecule has 3 nitrogen and oxygen atoms in total. The highest BCUT2D eigenvalue weighted by molar-refractivity contribution is 6.35. The van der Waals surface area contributed by atoms with E-state index >= 15 is 0 Å². The molecule has 17 heavy (non-hydrogen) atoms. The molecule has 1 fully saturated rings. The van der Waals surface area contributed by atoms with Crippen LogP contribution in [0, 0.1) is 0 Å². The van der Waals surface area contributed by atoms with Crippen molar-refractivity contribution in [3.05, 3.63) is 33.8 Å². The molecule has 0 aromatic heterocycles. The van der Waals surface area contributed by atoms with E-state index in [2.05, 4.69) is 10.5 Å². The van der Waals surface area contributed by atoms with Crippen molar-refractivity contribution in [1.29, 1.82) is 0 Å². The fourth-order valence-corrected chi connectivity index (χ4v) is 2.87. The molecule has 1 aromatic carbocycles. The first-order valence-corrected chi connectivity index (χ1v) is 6.35. The van der Waals surface area contributed by atoms with Gasteiger partial charge in [-0.05, 0) is 24.7 Å². The van der Waals surface area contributed by atoms with E-state index in [-0.39, 0.29) is 5.60 Å². The molecular formula is C12H12Cl2N2O. The predicted molar refractivity (Wildman–Crippen MR) is 68.9 cm³/mol. The van der Waals surface area contributed by atoms with E-state index in [4.69, 9.17) is 28.0 Å². The monoisotopic (exact) mass is 270 g/mol. The summed E-state index contributed by atoms with van der Waals surface area (Å²) in [4.78, 5) is 5.59. The van der Waals surface area contributed by atoms with Crippen LogP contribution in [0.25, 0.3) is 0 Å². The third-order valence-corrected chi connectivity index (χ3v) is 3.68. The van der Waals surface area contributed by atoms with Crippen LogP contribution in [0.1, 0.15) is 18.4 Å². The van der Waals surface area contributed by atoms with Gasteiger partial charge in [0.05, 0.1) is 5.71 Å². The zero-order chi connectivity index (χ0) is 11.9. The van der Waals surface area contributed by atoms with Gasteiger partial charge in [0.15, 0.2) is 5.60 Å². The Balaban J connectivity index is 1.86. The summed E-state index contributed by atoms with van der Waals surface area (Å²) in [7, 11) is 0. The summed E-state index contributed by atoms with van der Waals surface area (Å²) < 4.78 is 0.